The molecule has 0 aromatic heterocycles. The molecule has 1 atom stereocenters. The molecule has 110 valence electrons. The summed E-state index contributed by atoms with van der Waals surface area (Å²) in [5.74, 6) is -0.233. The van der Waals surface area contributed by atoms with Crippen molar-refractivity contribution in [2.75, 3.05) is 20.2 Å². The summed E-state index contributed by atoms with van der Waals surface area (Å²) < 4.78 is 10.3. The van der Waals surface area contributed by atoms with E-state index in [1.165, 1.54) is 7.11 Å². The van der Waals surface area contributed by atoms with E-state index in [1.54, 1.807) is 4.90 Å². The predicted molar refractivity (Wildman–Crippen MR) is 71.8 cm³/mol. The van der Waals surface area contributed by atoms with Gasteiger partial charge in [0.1, 0.15) is 5.60 Å². The Morgan fingerprint density at radius 2 is 1.95 bits per heavy atom. The third kappa shape index (κ3) is 3.85. The highest BCUT2D eigenvalue weighted by Gasteiger charge is 2.43. The molecule has 0 N–H and O–H groups in total. The molecule has 1 aliphatic rings. The van der Waals surface area contributed by atoms with Gasteiger partial charge in [-0.3, -0.25) is 4.79 Å². The zero-order valence-corrected chi connectivity index (χ0v) is 12.6. The summed E-state index contributed by atoms with van der Waals surface area (Å²) in [5.41, 5.74) is -1.10. The summed E-state index contributed by atoms with van der Waals surface area (Å²) in [6.45, 7) is 8.47. The smallest absolute Gasteiger partial charge is 0.410 e. The van der Waals surface area contributed by atoms with Crippen LogP contribution in [0.25, 0.3) is 0 Å². The Hall–Kier alpha value is -1.26. The minimum atomic E-state index is -0.579. The van der Waals surface area contributed by atoms with E-state index in [2.05, 4.69) is 0 Å². The second-order valence-corrected chi connectivity index (χ2v) is 6.13. The Kier molecular flexibility index (Phi) is 4.82. The van der Waals surface area contributed by atoms with E-state index in [0.717, 1.165) is 12.8 Å². The van der Waals surface area contributed by atoms with Gasteiger partial charge in [-0.15, -0.1) is 0 Å². The van der Waals surface area contributed by atoms with Crippen LogP contribution in [0.1, 0.15) is 47.0 Å². The van der Waals surface area contributed by atoms with Crippen molar-refractivity contribution >= 4 is 12.1 Å². The maximum atomic E-state index is 12.1. The third-order valence-electron chi connectivity index (χ3n) is 3.52. The second-order valence-electron chi connectivity index (χ2n) is 6.13. The lowest BCUT2D eigenvalue weighted by Gasteiger charge is -2.40. The van der Waals surface area contributed by atoms with E-state index < -0.39 is 11.0 Å². The first-order valence-electron chi connectivity index (χ1n) is 6.80. The molecule has 5 nitrogen and oxygen atoms in total. The number of nitrogens with zero attached hydrogens (tertiary/aromatic N) is 1. The number of carbonyl (C=O) groups is 2. The first-order chi connectivity index (χ1) is 8.74. The van der Waals surface area contributed by atoms with Crippen molar-refractivity contribution in [2.45, 2.75) is 52.6 Å². The average molecular weight is 271 g/mol. The number of hydrogen-bond donors (Lipinski definition) is 0. The molecule has 0 unspecified atom stereocenters. The molecule has 1 saturated heterocycles. The highest BCUT2D eigenvalue weighted by Crippen LogP contribution is 2.35. The number of esters is 1. The Bertz CT molecular complexity index is 348. The van der Waals surface area contributed by atoms with Gasteiger partial charge in [0.05, 0.1) is 12.5 Å². The summed E-state index contributed by atoms with van der Waals surface area (Å²) in [4.78, 5) is 25.7. The Balaban J connectivity index is 2.78. The average Bonchev–Trinajstić information content (AvgIpc) is 2.35. The van der Waals surface area contributed by atoms with Crippen molar-refractivity contribution < 1.29 is 19.1 Å². The first kappa shape index (κ1) is 15.8. The Morgan fingerprint density at radius 3 is 2.42 bits per heavy atom. The SMILES string of the molecule is CC[C@]1(C(=O)OC)CCCN(C(=O)OC(C)(C)C)C1. The molecule has 0 aliphatic carbocycles. The zero-order valence-electron chi connectivity index (χ0n) is 12.6. The molecule has 1 amide bonds. The van der Waals surface area contributed by atoms with Crippen molar-refractivity contribution in [2.24, 2.45) is 5.41 Å². The van der Waals surface area contributed by atoms with E-state index in [9.17, 15) is 9.59 Å². The fourth-order valence-corrected chi connectivity index (χ4v) is 2.43. The van der Waals surface area contributed by atoms with E-state index in [-0.39, 0.29) is 12.1 Å². The maximum Gasteiger partial charge on any atom is 0.410 e. The lowest BCUT2D eigenvalue weighted by Crippen LogP contribution is -2.51. The van der Waals surface area contributed by atoms with Crippen LogP contribution in [0.2, 0.25) is 0 Å². The number of methoxy groups -OCH3 is 1. The van der Waals surface area contributed by atoms with Crippen molar-refractivity contribution in [3.63, 3.8) is 0 Å². The molecule has 0 aromatic carbocycles. The molecule has 0 spiro atoms. The van der Waals surface area contributed by atoms with E-state index in [4.69, 9.17) is 9.47 Å². The van der Waals surface area contributed by atoms with Crippen molar-refractivity contribution in [3.05, 3.63) is 0 Å². The van der Waals surface area contributed by atoms with E-state index in [1.807, 2.05) is 27.7 Å². The molecule has 1 heterocycles. The van der Waals surface area contributed by atoms with Crippen LogP contribution in [-0.4, -0.2) is 42.8 Å². The minimum absolute atomic E-state index is 0.233. The minimum Gasteiger partial charge on any atom is -0.469 e. The molecule has 1 aliphatic heterocycles. The molecule has 5 heteroatoms. The van der Waals surface area contributed by atoms with Crippen LogP contribution in [-0.2, 0) is 14.3 Å². The lowest BCUT2D eigenvalue weighted by molar-refractivity contribution is -0.156. The highest BCUT2D eigenvalue weighted by molar-refractivity contribution is 5.78. The van der Waals surface area contributed by atoms with Gasteiger partial charge in [0.15, 0.2) is 0 Å². The Morgan fingerprint density at radius 1 is 1.32 bits per heavy atom. The quantitative estimate of drug-likeness (QED) is 0.724. The number of carbonyl (C=O) groups excluding carboxylic acids is 2. The summed E-state index contributed by atoms with van der Waals surface area (Å²) in [7, 11) is 1.40. The monoisotopic (exact) mass is 271 g/mol. The largest absolute Gasteiger partial charge is 0.469 e. The molecule has 1 rings (SSSR count). The van der Waals surface area contributed by atoms with Crippen LogP contribution in [0.3, 0.4) is 0 Å². The lowest BCUT2D eigenvalue weighted by atomic mass is 9.78. The molecular formula is C14H25NO4. The van der Waals surface area contributed by atoms with Crippen molar-refractivity contribution in [3.8, 4) is 0 Å². The number of piperidine rings is 1. The summed E-state index contributed by atoms with van der Waals surface area (Å²) in [6, 6.07) is 0. The second kappa shape index (κ2) is 5.80. The molecule has 19 heavy (non-hydrogen) atoms. The van der Waals surface area contributed by atoms with Gasteiger partial charge in [-0.05, 0) is 40.0 Å². The normalized spacial score (nSPS) is 23.9. The molecule has 1 fully saturated rings. The van der Waals surface area contributed by atoms with Gasteiger partial charge < -0.3 is 14.4 Å². The predicted octanol–water partition coefficient (Wildman–Crippen LogP) is 2.59. The van der Waals surface area contributed by atoms with Crippen LogP contribution >= 0.6 is 0 Å². The first-order valence-corrected chi connectivity index (χ1v) is 6.80. The van der Waals surface area contributed by atoms with Crippen molar-refractivity contribution in [1.29, 1.82) is 0 Å². The fraction of sp³-hybridized carbons (Fsp3) is 0.857. The number of rotatable bonds is 2. The summed E-state index contributed by atoms with van der Waals surface area (Å²) in [5, 5.41) is 0. The van der Waals surface area contributed by atoms with Gasteiger partial charge in [-0.25, -0.2) is 4.79 Å². The van der Waals surface area contributed by atoms with Crippen LogP contribution in [0.15, 0.2) is 0 Å². The van der Waals surface area contributed by atoms with Gasteiger partial charge in [-0.1, -0.05) is 6.92 Å². The highest BCUT2D eigenvalue weighted by atomic mass is 16.6. The number of likely N-dealkylation sites (tertiary alicyclic amines) is 1. The number of hydrogen-bond acceptors (Lipinski definition) is 4. The van der Waals surface area contributed by atoms with Crippen LogP contribution in [0.5, 0.6) is 0 Å². The third-order valence-corrected chi connectivity index (χ3v) is 3.52. The van der Waals surface area contributed by atoms with Gasteiger partial charge in [0, 0.05) is 13.1 Å². The van der Waals surface area contributed by atoms with Gasteiger partial charge >= 0.3 is 12.1 Å². The molecule has 0 bridgehead atoms. The Labute approximate surface area is 115 Å². The van der Waals surface area contributed by atoms with E-state index >= 15 is 0 Å². The maximum absolute atomic E-state index is 12.1. The zero-order chi connectivity index (χ0) is 14.7. The summed E-state index contributed by atoms with van der Waals surface area (Å²) >= 11 is 0. The standard InChI is InChI=1S/C14H25NO4/c1-6-14(11(16)18-5)8-7-9-15(10-14)12(17)19-13(2,3)4/h6-10H2,1-5H3/t14-/m0/s1. The van der Waals surface area contributed by atoms with Crippen LogP contribution < -0.4 is 0 Å². The number of ether oxygens (including phenoxy) is 2. The van der Waals surface area contributed by atoms with E-state index in [0.29, 0.717) is 19.5 Å². The fourth-order valence-electron chi connectivity index (χ4n) is 2.43. The van der Waals surface area contributed by atoms with Gasteiger partial charge in [-0.2, -0.15) is 0 Å². The van der Waals surface area contributed by atoms with Crippen LogP contribution in [0, 0.1) is 5.41 Å². The van der Waals surface area contributed by atoms with Gasteiger partial charge in [0.2, 0.25) is 0 Å². The molecular weight excluding hydrogens is 246 g/mol. The summed E-state index contributed by atoms with van der Waals surface area (Å²) in [6.07, 6.45) is 1.87. The van der Waals surface area contributed by atoms with Crippen LogP contribution in [0.4, 0.5) is 4.79 Å². The molecule has 0 radical (unpaired) electrons. The molecule has 0 aromatic rings. The van der Waals surface area contributed by atoms with Crippen molar-refractivity contribution in [1.82, 2.24) is 4.90 Å². The topological polar surface area (TPSA) is 55.8 Å². The van der Waals surface area contributed by atoms with Gasteiger partial charge in [0.25, 0.3) is 0 Å². The molecule has 0 saturated carbocycles. The number of amides is 1.